The Labute approximate surface area is 168 Å². The van der Waals surface area contributed by atoms with Gasteiger partial charge in [-0.2, -0.15) is 5.10 Å². The number of nitrogens with zero attached hydrogens (tertiary/aromatic N) is 1. The SMILES string of the molecule is C=CCOc1ccc(/C=N\NC(=S)NCc2ccc3c(c2)OCO3)cc1OC. The molecule has 7 nitrogen and oxygen atoms in total. The van der Waals surface area contributed by atoms with Crippen molar-refractivity contribution in [2.45, 2.75) is 6.54 Å². The molecule has 1 aliphatic heterocycles. The Morgan fingerprint density at radius 1 is 1.21 bits per heavy atom. The number of hydrogen-bond acceptors (Lipinski definition) is 6. The van der Waals surface area contributed by atoms with Crippen molar-refractivity contribution in [3.63, 3.8) is 0 Å². The van der Waals surface area contributed by atoms with Crippen molar-refractivity contribution in [2.75, 3.05) is 20.5 Å². The van der Waals surface area contributed by atoms with Crippen molar-refractivity contribution >= 4 is 23.5 Å². The molecule has 1 aliphatic rings. The minimum Gasteiger partial charge on any atom is -0.493 e. The molecule has 3 rings (SSSR count). The molecule has 0 saturated carbocycles. The molecule has 0 saturated heterocycles. The molecule has 0 amide bonds. The summed E-state index contributed by atoms with van der Waals surface area (Å²) in [5.74, 6) is 2.76. The summed E-state index contributed by atoms with van der Waals surface area (Å²) in [5.41, 5.74) is 4.66. The monoisotopic (exact) mass is 399 g/mol. The van der Waals surface area contributed by atoms with E-state index >= 15 is 0 Å². The first kappa shape index (κ1) is 19.5. The Morgan fingerprint density at radius 3 is 2.89 bits per heavy atom. The lowest BCUT2D eigenvalue weighted by molar-refractivity contribution is 0.174. The van der Waals surface area contributed by atoms with Crippen LogP contribution >= 0.6 is 12.2 Å². The van der Waals surface area contributed by atoms with E-state index < -0.39 is 0 Å². The highest BCUT2D eigenvalue weighted by atomic mass is 32.1. The van der Waals surface area contributed by atoms with Crippen molar-refractivity contribution in [1.82, 2.24) is 10.7 Å². The number of methoxy groups -OCH3 is 1. The van der Waals surface area contributed by atoms with Gasteiger partial charge in [-0.05, 0) is 53.7 Å². The van der Waals surface area contributed by atoms with Gasteiger partial charge in [0.25, 0.3) is 0 Å². The third-order valence-corrected chi connectivity index (χ3v) is 4.05. The first-order valence-electron chi connectivity index (χ1n) is 8.57. The molecule has 2 N–H and O–H groups in total. The number of rotatable bonds is 8. The lowest BCUT2D eigenvalue weighted by Gasteiger charge is -2.10. The molecule has 0 bridgehead atoms. The van der Waals surface area contributed by atoms with Crippen molar-refractivity contribution in [1.29, 1.82) is 0 Å². The van der Waals surface area contributed by atoms with Gasteiger partial charge in [0, 0.05) is 6.54 Å². The van der Waals surface area contributed by atoms with Crippen LogP contribution in [-0.4, -0.2) is 31.8 Å². The van der Waals surface area contributed by atoms with Gasteiger partial charge in [-0.15, -0.1) is 0 Å². The van der Waals surface area contributed by atoms with Gasteiger partial charge in [0.1, 0.15) is 6.61 Å². The van der Waals surface area contributed by atoms with E-state index in [1.54, 1.807) is 19.4 Å². The van der Waals surface area contributed by atoms with Crippen LogP contribution in [0.15, 0.2) is 54.2 Å². The van der Waals surface area contributed by atoms with E-state index in [1.165, 1.54) is 0 Å². The fourth-order valence-electron chi connectivity index (χ4n) is 2.47. The van der Waals surface area contributed by atoms with Gasteiger partial charge in [0.05, 0.1) is 13.3 Å². The number of ether oxygens (including phenoxy) is 4. The molecule has 0 fully saturated rings. The second-order valence-corrected chi connectivity index (χ2v) is 6.16. The zero-order valence-electron chi connectivity index (χ0n) is 15.4. The fraction of sp³-hybridized carbons (Fsp3) is 0.200. The smallest absolute Gasteiger partial charge is 0.231 e. The molecule has 0 atom stereocenters. The summed E-state index contributed by atoms with van der Waals surface area (Å²) in [6, 6.07) is 11.3. The van der Waals surface area contributed by atoms with E-state index in [1.807, 2.05) is 36.4 Å². The van der Waals surface area contributed by atoms with Gasteiger partial charge in [0.2, 0.25) is 6.79 Å². The van der Waals surface area contributed by atoms with E-state index in [4.69, 9.17) is 31.2 Å². The summed E-state index contributed by atoms with van der Waals surface area (Å²) in [4.78, 5) is 0. The summed E-state index contributed by atoms with van der Waals surface area (Å²) in [5, 5.41) is 7.64. The van der Waals surface area contributed by atoms with Crippen LogP contribution in [0.2, 0.25) is 0 Å². The molecule has 0 radical (unpaired) electrons. The van der Waals surface area contributed by atoms with Crippen molar-refractivity contribution < 1.29 is 18.9 Å². The number of hydrogen-bond donors (Lipinski definition) is 2. The summed E-state index contributed by atoms with van der Waals surface area (Å²) in [6.45, 7) is 4.84. The molecular weight excluding hydrogens is 378 g/mol. The number of benzene rings is 2. The molecule has 0 aromatic heterocycles. The van der Waals surface area contributed by atoms with Gasteiger partial charge in [-0.25, -0.2) is 0 Å². The van der Waals surface area contributed by atoms with Gasteiger partial charge in [-0.1, -0.05) is 18.7 Å². The van der Waals surface area contributed by atoms with Gasteiger partial charge in [0.15, 0.2) is 28.1 Å². The summed E-state index contributed by atoms with van der Waals surface area (Å²) < 4.78 is 21.5. The van der Waals surface area contributed by atoms with Crippen molar-refractivity contribution in [2.24, 2.45) is 5.10 Å². The molecule has 1 heterocycles. The lowest BCUT2D eigenvalue weighted by Crippen LogP contribution is -2.31. The predicted octanol–water partition coefficient (Wildman–Crippen LogP) is 2.99. The van der Waals surface area contributed by atoms with E-state index in [0.717, 1.165) is 22.6 Å². The normalized spacial score (nSPS) is 11.9. The highest BCUT2D eigenvalue weighted by molar-refractivity contribution is 7.80. The zero-order valence-corrected chi connectivity index (χ0v) is 16.3. The Hall–Kier alpha value is -3.26. The Morgan fingerprint density at radius 2 is 2.07 bits per heavy atom. The molecule has 28 heavy (non-hydrogen) atoms. The highest BCUT2D eigenvalue weighted by Crippen LogP contribution is 2.32. The third-order valence-electron chi connectivity index (χ3n) is 3.81. The number of fused-ring (bicyclic) bond motifs is 1. The molecule has 0 aliphatic carbocycles. The first-order valence-corrected chi connectivity index (χ1v) is 8.97. The van der Waals surface area contributed by atoms with Crippen LogP contribution in [0.5, 0.6) is 23.0 Å². The van der Waals surface area contributed by atoms with Crippen LogP contribution in [0.4, 0.5) is 0 Å². The van der Waals surface area contributed by atoms with Gasteiger partial charge < -0.3 is 24.3 Å². The van der Waals surface area contributed by atoms with Crippen molar-refractivity contribution in [3.05, 3.63) is 60.2 Å². The van der Waals surface area contributed by atoms with Crippen LogP contribution in [0, 0.1) is 0 Å². The molecule has 146 valence electrons. The second-order valence-electron chi connectivity index (χ2n) is 5.75. The molecule has 0 spiro atoms. The van der Waals surface area contributed by atoms with E-state index in [-0.39, 0.29) is 6.79 Å². The largest absolute Gasteiger partial charge is 0.493 e. The maximum Gasteiger partial charge on any atom is 0.231 e. The molecule has 0 unspecified atom stereocenters. The zero-order chi connectivity index (χ0) is 19.8. The van der Waals surface area contributed by atoms with Crippen LogP contribution in [0.25, 0.3) is 0 Å². The number of nitrogens with one attached hydrogen (secondary N) is 2. The van der Waals surface area contributed by atoms with E-state index in [0.29, 0.717) is 29.8 Å². The lowest BCUT2D eigenvalue weighted by atomic mass is 10.2. The summed E-state index contributed by atoms with van der Waals surface area (Å²) >= 11 is 5.24. The maximum absolute atomic E-state index is 5.53. The predicted molar refractivity (Wildman–Crippen MR) is 111 cm³/mol. The molecule has 2 aromatic rings. The minimum absolute atomic E-state index is 0.257. The second kappa shape index (κ2) is 9.61. The average molecular weight is 399 g/mol. The standard InChI is InChI=1S/C20H21N3O4S/c1-3-8-25-16-6-5-15(9-18(16)24-2)12-22-23-20(28)21-11-14-4-7-17-19(10-14)27-13-26-17/h3-7,9-10,12H,1,8,11,13H2,2H3,(H2,21,23,28)/b22-12-. The Balaban J connectivity index is 1.49. The fourth-order valence-corrected chi connectivity index (χ4v) is 2.60. The molecular formula is C20H21N3O4S. The van der Waals surface area contributed by atoms with Gasteiger partial charge in [-0.3, -0.25) is 5.43 Å². The van der Waals surface area contributed by atoms with Crippen LogP contribution < -0.4 is 29.7 Å². The Kier molecular flexibility index (Phi) is 6.69. The van der Waals surface area contributed by atoms with E-state index in [2.05, 4.69) is 22.4 Å². The quantitative estimate of drug-likeness (QED) is 0.306. The topological polar surface area (TPSA) is 73.3 Å². The summed E-state index contributed by atoms with van der Waals surface area (Å²) in [6.07, 6.45) is 3.32. The highest BCUT2D eigenvalue weighted by Gasteiger charge is 2.13. The number of thiocarbonyl (C=S) groups is 1. The van der Waals surface area contributed by atoms with Crippen LogP contribution in [0.1, 0.15) is 11.1 Å². The summed E-state index contributed by atoms with van der Waals surface area (Å²) in [7, 11) is 1.59. The first-order chi connectivity index (χ1) is 13.7. The maximum atomic E-state index is 5.53. The average Bonchev–Trinajstić information content (AvgIpc) is 3.19. The van der Waals surface area contributed by atoms with Gasteiger partial charge >= 0.3 is 0 Å². The van der Waals surface area contributed by atoms with Crippen LogP contribution in [-0.2, 0) is 6.54 Å². The molecule has 8 heteroatoms. The van der Waals surface area contributed by atoms with E-state index in [9.17, 15) is 0 Å². The van der Waals surface area contributed by atoms with Crippen LogP contribution in [0.3, 0.4) is 0 Å². The molecule has 2 aromatic carbocycles. The number of hydrazone groups is 1. The third kappa shape index (κ3) is 5.14. The van der Waals surface area contributed by atoms with Crippen molar-refractivity contribution in [3.8, 4) is 23.0 Å². The minimum atomic E-state index is 0.257. The Bertz CT molecular complexity index is 886.